The topological polar surface area (TPSA) is 58.4 Å². The molecule has 3 rings (SSSR count). The summed E-state index contributed by atoms with van der Waals surface area (Å²) in [5.41, 5.74) is -2.55. The molecule has 1 aromatic heterocycles. The predicted octanol–water partition coefficient (Wildman–Crippen LogP) is 2.53. The first-order valence-electron chi connectivity index (χ1n) is 9.33. The van der Waals surface area contributed by atoms with Crippen molar-refractivity contribution in [2.45, 2.75) is 32.5 Å². The summed E-state index contributed by atoms with van der Waals surface area (Å²) in [6.45, 7) is 6.91. The van der Waals surface area contributed by atoms with Crippen LogP contribution < -0.4 is 5.56 Å². The van der Waals surface area contributed by atoms with Gasteiger partial charge in [-0.3, -0.25) is 19.1 Å². The smallest absolute Gasteiger partial charge is 0.338 e. The molecule has 1 aliphatic heterocycles. The second-order valence-electron chi connectivity index (χ2n) is 6.96. The minimum absolute atomic E-state index is 0.0295. The molecule has 0 spiro atoms. The third-order valence-electron chi connectivity index (χ3n) is 5.03. The second-order valence-corrected chi connectivity index (χ2v) is 6.96. The second kappa shape index (κ2) is 7.90. The van der Waals surface area contributed by atoms with E-state index in [2.05, 4.69) is 16.8 Å². The number of hydrogen-bond donors (Lipinski definition) is 0. The van der Waals surface area contributed by atoms with Crippen LogP contribution in [0.15, 0.2) is 29.1 Å². The van der Waals surface area contributed by atoms with Crippen molar-refractivity contribution in [2.24, 2.45) is 0 Å². The van der Waals surface area contributed by atoms with E-state index in [9.17, 15) is 22.8 Å². The predicted molar refractivity (Wildman–Crippen MR) is 99.0 cm³/mol. The van der Waals surface area contributed by atoms with E-state index in [-0.39, 0.29) is 16.9 Å². The molecule has 1 saturated heterocycles. The largest absolute Gasteiger partial charge is 0.438 e. The maximum Gasteiger partial charge on any atom is 0.438 e. The van der Waals surface area contributed by atoms with Crippen molar-refractivity contribution in [1.29, 1.82) is 0 Å². The quantitative estimate of drug-likeness (QED) is 0.797. The molecule has 2 aromatic rings. The maximum absolute atomic E-state index is 13.3. The van der Waals surface area contributed by atoms with Crippen molar-refractivity contribution >= 4 is 16.9 Å². The molecule has 1 atom stereocenters. The zero-order valence-electron chi connectivity index (χ0n) is 15.9. The van der Waals surface area contributed by atoms with Crippen LogP contribution in [0.3, 0.4) is 0 Å². The van der Waals surface area contributed by atoms with E-state index in [1.165, 1.54) is 19.1 Å². The monoisotopic (exact) mass is 396 g/mol. The number of halogens is 3. The number of hydrogen-bond acceptors (Lipinski definition) is 4. The Morgan fingerprint density at radius 3 is 2.43 bits per heavy atom. The lowest BCUT2D eigenvalue weighted by Gasteiger charge is -2.36. The van der Waals surface area contributed by atoms with Crippen LogP contribution in [0.2, 0.25) is 0 Å². The molecule has 152 valence electrons. The number of fused-ring (bicyclic) bond motifs is 1. The van der Waals surface area contributed by atoms with Gasteiger partial charge in [-0.25, -0.2) is 4.98 Å². The van der Waals surface area contributed by atoms with Gasteiger partial charge in [-0.2, -0.15) is 13.2 Å². The SMILES string of the molecule is CCCN1CCN(C(=O)C(C)n2c(=O)c(C(F)(F)F)nc3ccccc32)CC1. The van der Waals surface area contributed by atoms with Gasteiger partial charge in [-0.15, -0.1) is 0 Å². The van der Waals surface area contributed by atoms with Crippen LogP contribution in [-0.2, 0) is 11.0 Å². The highest BCUT2D eigenvalue weighted by Gasteiger charge is 2.38. The average Bonchev–Trinajstić information content (AvgIpc) is 2.66. The van der Waals surface area contributed by atoms with Crippen LogP contribution in [0.5, 0.6) is 0 Å². The summed E-state index contributed by atoms with van der Waals surface area (Å²) in [6, 6.07) is 5.00. The van der Waals surface area contributed by atoms with Gasteiger partial charge >= 0.3 is 6.18 Å². The zero-order chi connectivity index (χ0) is 20.5. The highest BCUT2D eigenvalue weighted by Crippen LogP contribution is 2.27. The maximum atomic E-state index is 13.3. The fourth-order valence-electron chi connectivity index (χ4n) is 3.61. The molecule has 9 heteroatoms. The molecule has 1 fully saturated rings. The number of rotatable bonds is 4. The van der Waals surface area contributed by atoms with E-state index in [0.717, 1.165) is 17.5 Å². The lowest BCUT2D eigenvalue weighted by Crippen LogP contribution is -2.51. The summed E-state index contributed by atoms with van der Waals surface area (Å²) in [5.74, 6) is -0.359. The molecule has 0 saturated carbocycles. The normalized spacial score (nSPS) is 17.1. The third-order valence-corrected chi connectivity index (χ3v) is 5.03. The average molecular weight is 396 g/mol. The van der Waals surface area contributed by atoms with Crippen LogP contribution in [0.25, 0.3) is 11.0 Å². The lowest BCUT2D eigenvalue weighted by atomic mass is 10.2. The Kier molecular flexibility index (Phi) is 5.74. The van der Waals surface area contributed by atoms with Gasteiger partial charge in [0.2, 0.25) is 11.6 Å². The molecule has 28 heavy (non-hydrogen) atoms. The molecule has 2 heterocycles. The van der Waals surface area contributed by atoms with Crippen LogP contribution in [0.1, 0.15) is 32.0 Å². The summed E-state index contributed by atoms with van der Waals surface area (Å²) >= 11 is 0. The molecule has 6 nitrogen and oxygen atoms in total. The summed E-state index contributed by atoms with van der Waals surface area (Å²) in [7, 11) is 0. The Morgan fingerprint density at radius 2 is 1.82 bits per heavy atom. The molecule has 0 aliphatic carbocycles. The van der Waals surface area contributed by atoms with Crippen molar-refractivity contribution in [2.75, 3.05) is 32.7 Å². The Hall–Kier alpha value is -2.42. The van der Waals surface area contributed by atoms with Gasteiger partial charge in [0.25, 0.3) is 5.56 Å². The Labute approximate surface area is 160 Å². The van der Waals surface area contributed by atoms with E-state index in [1.54, 1.807) is 17.0 Å². The van der Waals surface area contributed by atoms with Gasteiger partial charge in [0.15, 0.2) is 0 Å². The number of aromatic nitrogens is 2. The van der Waals surface area contributed by atoms with Gasteiger partial charge in [0.05, 0.1) is 11.0 Å². The number of amides is 1. The molecule has 0 N–H and O–H groups in total. The Balaban J connectivity index is 1.97. The molecule has 1 aromatic carbocycles. The van der Waals surface area contributed by atoms with E-state index in [1.807, 2.05) is 0 Å². The summed E-state index contributed by atoms with van der Waals surface area (Å²) in [4.78, 5) is 32.9. The fourth-order valence-corrected chi connectivity index (χ4v) is 3.61. The Bertz CT molecular complexity index is 918. The first kappa shape index (κ1) is 20.3. The number of benzene rings is 1. The van der Waals surface area contributed by atoms with Crippen molar-refractivity contribution in [1.82, 2.24) is 19.4 Å². The molecular weight excluding hydrogens is 373 g/mol. The van der Waals surface area contributed by atoms with Crippen LogP contribution >= 0.6 is 0 Å². The summed E-state index contributed by atoms with van der Waals surface area (Å²) in [6.07, 6.45) is -3.87. The van der Waals surface area contributed by atoms with Gasteiger partial charge in [0.1, 0.15) is 6.04 Å². The number of piperazine rings is 1. The summed E-state index contributed by atoms with van der Waals surface area (Å²) < 4.78 is 40.9. The number of alkyl halides is 3. The summed E-state index contributed by atoms with van der Waals surface area (Å²) in [5, 5.41) is 0. The van der Waals surface area contributed by atoms with Gasteiger partial charge in [-0.1, -0.05) is 19.1 Å². The molecule has 1 aliphatic rings. The fraction of sp³-hybridized carbons (Fsp3) is 0.526. The van der Waals surface area contributed by atoms with Crippen LogP contribution in [0.4, 0.5) is 13.2 Å². The Morgan fingerprint density at radius 1 is 1.18 bits per heavy atom. The molecule has 1 unspecified atom stereocenters. The van der Waals surface area contributed by atoms with E-state index < -0.39 is 23.5 Å². The first-order valence-corrected chi connectivity index (χ1v) is 9.33. The first-order chi connectivity index (χ1) is 13.2. The van der Waals surface area contributed by atoms with Gasteiger partial charge in [-0.05, 0) is 32.0 Å². The minimum atomic E-state index is -4.89. The van der Waals surface area contributed by atoms with Gasteiger partial charge < -0.3 is 4.90 Å². The van der Waals surface area contributed by atoms with Crippen molar-refractivity contribution in [3.63, 3.8) is 0 Å². The lowest BCUT2D eigenvalue weighted by molar-refractivity contribution is -0.143. The van der Waals surface area contributed by atoms with Crippen LogP contribution in [0, 0.1) is 0 Å². The van der Waals surface area contributed by atoms with Crippen molar-refractivity contribution in [3.05, 3.63) is 40.3 Å². The molecule has 1 amide bonds. The number of carbonyl (C=O) groups is 1. The van der Waals surface area contributed by atoms with Crippen LogP contribution in [-0.4, -0.2) is 58.0 Å². The minimum Gasteiger partial charge on any atom is -0.338 e. The van der Waals surface area contributed by atoms with Gasteiger partial charge in [0, 0.05) is 26.2 Å². The standard InChI is InChI=1S/C19H23F3N4O2/c1-3-8-24-9-11-25(12-10-24)17(27)13(2)26-15-7-5-4-6-14(15)23-16(18(26)28)19(20,21)22/h4-7,13H,3,8-12H2,1-2H3. The zero-order valence-corrected chi connectivity index (χ0v) is 15.9. The number of nitrogens with zero attached hydrogens (tertiary/aromatic N) is 4. The molecular formula is C19H23F3N4O2. The van der Waals surface area contributed by atoms with E-state index in [0.29, 0.717) is 26.2 Å². The van der Waals surface area contributed by atoms with Crippen molar-refractivity contribution < 1.29 is 18.0 Å². The number of carbonyl (C=O) groups excluding carboxylic acids is 1. The van der Waals surface area contributed by atoms with E-state index >= 15 is 0 Å². The molecule has 0 radical (unpaired) electrons. The highest BCUT2D eigenvalue weighted by molar-refractivity contribution is 5.83. The van der Waals surface area contributed by atoms with E-state index in [4.69, 9.17) is 0 Å². The number of para-hydroxylation sites is 2. The highest BCUT2D eigenvalue weighted by atomic mass is 19.4. The van der Waals surface area contributed by atoms with Crippen molar-refractivity contribution in [3.8, 4) is 0 Å². The molecule has 0 bridgehead atoms. The third kappa shape index (κ3) is 3.89.